The summed E-state index contributed by atoms with van der Waals surface area (Å²) >= 11 is 7.85. The Kier molecular flexibility index (Phi) is 2.78. The molecule has 0 N–H and O–H groups in total. The van der Waals surface area contributed by atoms with Gasteiger partial charge in [0.1, 0.15) is 0 Å². The van der Waals surface area contributed by atoms with Gasteiger partial charge in [0, 0.05) is 33.2 Å². The van der Waals surface area contributed by atoms with Gasteiger partial charge in [0.2, 0.25) is 0 Å². The lowest BCUT2D eigenvalue weighted by Crippen LogP contribution is -1.77. The minimum Gasteiger partial charge on any atom is -0.432 e. The van der Waals surface area contributed by atoms with Gasteiger partial charge in [-0.15, -0.1) is 0 Å². The molecule has 0 atom stereocenters. The van der Waals surface area contributed by atoms with Crippen molar-refractivity contribution in [1.82, 2.24) is 4.98 Å². The molecule has 0 saturated heterocycles. The van der Waals surface area contributed by atoms with E-state index >= 15 is 0 Å². The van der Waals surface area contributed by atoms with Crippen molar-refractivity contribution in [2.75, 3.05) is 0 Å². The fourth-order valence-electron chi connectivity index (χ4n) is 1.23. The zero-order valence-electron chi connectivity index (χ0n) is 7.42. The number of aromatic nitrogens is 1. The Morgan fingerprint density at radius 3 is 2.43 bits per heavy atom. The first-order valence-electron chi connectivity index (χ1n) is 4.05. The Morgan fingerprint density at radius 2 is 1.93 bits per heavy atom. The molecule has 0 spiro atoms. The molecule has 0 saturated carbocycles. The molecule has 14 heavy (non-hydrogen) atoms. The SMILES string of the molecule is Cc1nc(I)oc1-c1ccc(Cl)cc1. The van der Waals surface area contributed by atoms with Crippen LogP contribution in [0.3, 0.4) is 0 Å². The summed E-state index contributed by atoms with van der Waals surface area (Å²) in [4.78, 5) is 4.20. The predicted molar refractivity (Wildman–Crippen MR) is 64.4 cm³/mol. The molecule has 2 rings (SSSR count). The Balaban J connectivity index is 2.49. The molecule has 1 aromatic heterocycles. The number of benzene rings is 1. The molecule has 0 unspecified atom stereocenters. The number of hydrogen-bond donors (Lipinski definition) is 0. The lowest BCUT2D eigenvalue weighted by atomic mass is 10.1. The van der Waals surface area contributed by atoms with Crippen LogP contribution in [0.15, 0.2) is 28.7 Å². The normalized spacial score (nSPS) is 10.5. The van der Waals surface area contributed by atoms with E-state index in [9.17, 15) is 0 Å². The van der Waals surface area contributed by atoms with Crippen molar-refractivity contribution in [2.45, 2.75) is 6.92 Å². The van der Waals surface area contributed by atoms with Crippen LogP contribution in [0.5, 0.6) is 0 Å². The van der Waals surface area contributed by atoms with Gasteiger partial charge in [-0.25, -0.2) is 4.98 Å². The smallest absolute Gasteiger partial charge is 0.257 e. The largest absolute Gasteiger partial charge is 0.432 e. The van der Waals surface area contributed by atoms with E-state index in [1.54, 1.807) is 0 Å². The number of hydrogen-bond acceptors (Lipinski definition) is 2. The number of rotatable bonds is 1. The van der Waals surface area contributed by atoms with Gasteiger partial charge in [-0.2, -0.15) is 0 Å². The highest BCUT2D eigenvalue weighted by molar-refractivity contribution is 14.1. The predicted octanol–water partition coefficient (Wildman–Crippen LogP) is 3.91. The van der Waals surface area contributed by atoms with Crippen molar-refractivity contribution in [3.63, 3.8) is 0 Å². The average Bonchev–Trinajstić information content (AvgIpc) is 2.47. The van der Waals surface area contributed by atoms with Gasteiger partial charge in [0.05, 0.1) is 5.69 Å². The molecule has 4 heteroatoms. The highest BCUT2D eigenvalue weighted by atomic mass is 127. The zero-order chi connectivity index (χ0) is 10.1. The standard InChI is InChI=1S/C10H7ClINO/c1-6-9(14-10(12)13-6)7-2-4-8(11)5-3-7/h2-5H,1H3. The Morgan fingerprint density at radius 1 is 1.29 bits per heavy atom. The number of aryl methyl sites for hydroxylation is 1. The molecule has 0 aliphatic carbocycles. The maximum Gasteiger partial charge on any atom is 0.257 e. The Labute approximate surface area is 100 Å². The van der Waals surface area contributed by atoms with Crippen molar-refractivity contribution < 1.29 is 4.42 Å². The topological polar surface area (TPSA) is 26.0 Å². The zero-order valence-corrected chi connectivity index (χ0v) is 10.3. The van der Waals surface area contributed by atoms with E-state index in [4.69, 9.17) is 16.0 Å². The summed E-state index contributed by atoms with van der Waals surface area (Å²) in [6, 6.07) is 7.52. The van der Waals surface area contributed by atoms with E-state index in [0.717, 1.165) is 22.0 Å². The first kappa shape index (κ1) is 9.98. The summed E-state index contributed by atoms with van der Waals surface area (Å²) in [6.45, 7) is 1.93. The average molecular weight is 320 g/mol. The molecular formula is C10H7ClINO. The molecule has 0 fully saturated rings. The van der Waals surface area contributed by atoms with E-state index in [1.807, 2.05) is 31.2 Å². The van der Waals surface area contributed by atoms with Gasteiger partial charge in [0.15, 0.2) is 5.76 Å². The minimum atomic E-state index is 0.657. The fourth-order valence-corrected chi connectivity index (χ4v) is 1.94. The highest BCUT2D eigenvalue weighted by Crippen LogP contribution is 2.26. The maximum absolute atomic E-state index is 5.80. The van der Waals surface area contributed by atoms with E-state index in [1.165, 1.54) is 0 Å². The molecule has 0 bridgehead atoms. The van der Waals surface area contributed by atoms with Crippen LogP contribution in [-0.2, 0) is 0 Å². The van der Waals surface area contributed by atoms with E-state index < -0.39 is 0 Å². The number of halogens is 2. The summed E-state index contributed by atoms with van der Waals surface area (Å²) in [5.74, 6) is 0.811. The first-order valence-corrected chi connectivity index (χ1v) is 5.51. The molecule has 0 radical (unpaired) electrons. The van der Waals surface area contributed by atoms with Crippen molar-refractivity contribution >= 4 is 34.2 Å². The van der Waals surface area contributed by atoms with Gasteiger partial charge in [-0.3, -0.25) is 0 Å². The molecule has 1 aromatic carbocycles. The van der Waals surface area contributed by atoms with Crippen LogP contribution < -0.4 is 0 Å². The molecule has 2 aromatic rings. The van der Waals surface area contributed by atoms with Crippen molar-refractivity contribution in [3.8, 4) is 11.3 Å². The quantitative estimate of drug-likeness (QED) is 0.745. The lowest BCUT2D eigenvalue weighted by Gasteiger charge is -1.96. The monoisotopic (exact) mass is 319 g/mol. The summed E-state index contributed by atoms with van der Waals surface area (Å²) < 4.78 is 6.13. The summed E-state index contributed by atoms with van der Waals surface area (Å²) in [5, 5.41) is 0.723. The second-order valence-corrected chi connectivity index (χ2v) is 4.25. The molecule has 0 aliphatic heterocycles. The molecule has 72 valence electrons. The van der Waals surface area contributed by atoms with Crippen LogP contribution in [0.2, 0.25) is 5.02 Å². The third kappa shape index (κ3) is 1.93. The van der Waals surface area contributed by atoms with Crippen molar-refractivity contribution in [3.05, 3.63) is 38.9 Å². The molecule has 2 nitrogen and oxygen atoms in total. The second-order valence-electron chi connectivity index (χ2n) is 2.89. The van der Waals surface area contributed by atoms with Crippen LogP contribution >= 0.6 is 34.2 Å². The van der Waals surface area contributed by atoms with Gasteiger partial charge in [0.25, 0.3) is 3.90 Å². The number of nitrogens with zero attached hydrogens (tertiary/aromatic N) is 1. The minimum absolute atomic E-state index is 0.657. The van der Waals surface area contributed by atoms with Crippen molar-refractivity contribution in [1.29, 1.82) is 0 Å². The second kappa shape index (κ2) is 3.90. The molecule has 0 aliphatic rings. The van der Waals surface area contributed by atoms with Crippen LogP contribution in [0, 0.1) is 10.8 Å². The van der Waals surface area contributed by atoms with Crippen LogP contribution in [0.4, 0.5) is 0 Å². The van der Waals surface area contributed by atoms with Gasteiger partial charge < -0.3 is 4.42 Å². The summed E-state index contributed by atoms with van der Waals surface area (Å²) in [7, 11) is 0. The van der Waals surface area contributed by atoms with E-state index in [-0.39, 0.29) is 0 Å². The first-order chi connectivity index (χ1) is 6.66. The summed E-state index contributed by atoms with van der Waals surface area (Å²) in [6.07, 6.45) is 0. The molecule has 0 amide bonds. The highest BCUT2D eigenvalue weighted by Gasteiger charge is 2.09. The maximum atomic E-state index is 5.80. The Bertz CT molecular complexity index is 450. The summed E-state index contributed by atoms with van der Waals surface area (Å²) in [5.41, 5.74) is 1.90. The molecular weight excluding hydrogens is 312 g/mol. The lowest BCUT2D eigenvalue weighted by molar-refractivity contribution is 0.538. The van der Waals surface area contributed by atoms with Gasteiger partial charge in [-0.05, 0) is 31.2 Å². The van der Waals surface area contributed by atoms with Crippen LogP contribution in [0.1, 0.15) is 5.69 Å². The Hall–Kier alpha value is -0.550. The van der Waals surface area contributed by atoms with Crippen LogP contribution in [0.25, 0.3) is 11.3 Å². The fraction of sp³-hybridized carbons (Fsp3) is 0.100. The van der Waals surface area contributed by atoms with E-state index in [0.29, 0.717) is 3.90 Å². The third-order valence-electron chi connectivity index (χ3n) is 1.88. The van der Waals surface area contributed by atoms with Crippen LogP contribution in [-0.4, -0.2) is 4.98 Å². The van der Waals surface area contributed by atoms with E-state index in [2.05, 4.69) is 27.6 Å². The van der Waals surface area contributed by atoms with Gasteiger partial charge in [-0.1, -0.05) is 11.6 Å². The molecule has 1 heterocycles. The third-order valence-corrected chi connectivity index (χ3v) is 2.59. The van der Waals surface area contributed by atoms with Gasteiger partial charge >= 0.3 is 0 Å². The van der Waals surface area contributed by atoms with Crippen molar-refractivity contribution in [2.24, 2.45) is 0 Å². The number of oxazole rings is 1.